The Bertz CT molecular complexity index is 689. The van der Waals surface area contributed by atoms with E-state index in [0.29, 0.717) is 19.3 Å². The second-order valence-electron chi connectivity index (χ2n) is 6.72. The maximum Gasteiger partial charge on any atom is 0.144 e. The molecule has 0 aliphatic carbocycles. The van der Waals surface area contributed by atoms with Crippen molar-refractivity contribution in [2.75, 3.05) is 19.3 Å². The molecule has 0 aromatic heterocycles. The number of likely N-dealkylation sites (tertiary alicyclic amines) is 1. The molecule has 25 heavy (non-hydrogen) atoms. The van der Waals surface area contributed by atoms with Crippen LogP contribution in [-0.2, 0) is 4.57 Å². The van der Waals surface area contributed by atoms with Gasteiger partial charge in [0.1, 0.15) is 7.14 Å². The first-order chi connectivity index (χ1) is 12.1. The van der Waals surface area contributed by atoms with Crippen LogP contribution in [0.25, 0.3) is 0 Å². The van der Waals surface area contributed by atoms with Crippen LogP contribution in [0.15, 0.2) is 73.3 Å². The topological polar surface area (TPSA) is 40.5 Å². The molecular formula is C21H26NO2P. The summed E-state index contributed by atoms with van der Waals surface area (Å²) >= 11 is 0. The van der Waals surface area contributed by atoms with E-state index in [-0.39, 0.29) is 12.1 Å². The Balaban J connectivity index is 1.95. The summed E-state index contributed by atoms with van der Waals surface area (Å²) in [5.74, 6) is 0. The molecule has 1 saturated heterocycles. The fraction of sp³-hybridized carbons (Fsp3) is 0.333. The number of hydrogen-bond donors (Lipinski definition) is 1. The van der Waals surface area contributed by atoms with E-state index >= 15 is 0 Å². The third-order valence-electron chi connectivity index (χ3n) is 4.97. The average molecular weight is 355 g/mol. The van der Waals surface area contributed by atoms with Crippen molar-refractivity contribution in [1.82, 2.24) is 4.90 Å². The van der Waals surface area contributed by atoms with Gasteiger partial charge in [0.15, 0.2) is 0 Å². The summed E-state index contributed by atoms with van der Waals surface area (Å²) in [5.41, 5.74) is 0. The van der Waals surface area contributed by atoms with Crippen molar-refractivity contribution >= 4 is 17.8 Å². The minimum absolute atomic E-state index is 0.188. The lowest BCUT2D eigenvalue weighted by Crippen LogP contribution is -2.48. The summed E-state index contributed by atoms with van der Waals surface area (Å²) in [7, 11) is -2.73. The normalized spacial score (nSPS) is 21.8. The summed E-state index contributed by atoms with van der Waals surface area (Å²) in [6.07, 6.45) is 3.78. The van der Waals surface area contributed by atoms with Gasteiger partial charge in [0.05, 0.1) is 6.10 Å². The molecule has 0 unspecified atom stereocenters. The molecular weight excluding hydrogens is 329 g/mol. The van der Waals surface area contributed by atoms with Crippen LogP contribution < -0.4 is 10.6 Å². The molecule has 1 aliphatic heterocycles. The van der Waals surface area contributed by atoms with Gasteiger partial charge in [-0.15, -0.1) is 6.58 Å². The second kappa shape index (κ2) is 8.14. The standard InChI is InChI=1S/C21H26NO2P/c1-2-15-22-16-19(23)14-13-18(22)17-25(24,20-9-5-3-6-10-20)21-11-7-4-8-12-21/h2-12,18-19,23H,1,13-17H2/t18-,19+/m0/s1. The molecule has 0 spiro atoms. The second-order valence-corrected chi connectivity index (χ2v) is 9.60. The molecule has 0 amide bonds. The number of rotatable bonds is 6. The highest BCUT2D eigenvalue weighted by molar-refractivity contribution is 7.78. The van der Waals surface area contributed by atoms with Gasteiger partial charge < -0.3 is 9.67 Å². The summed E-state index contributed by atoms with van der Waals surface area (Å²) in [4.78, 5) is 2.22. The SMILES string of the molecule is C=CCN1C[C@H](O)CC[C@H]1CP(=O)(c1ccccc1)c1ccccc1. The molecule has 1 N–H and O–H groups in total. The Hall–Kier alpha value is -1.67. The summed E-state index contributed by atoms with van der Waals surface area (Å²) in [6, 6.07) is 19.8. The average Bonchev–Trinajstić information content (AvgIpc) is 2.65. The van der Waals surface area contributed by atoms with Crippen molar-refractivity contribution < 1.29 is 9.67 Å². The molecule has 0 saturated carbocycles. The van der Waals surface area contributed by atoms with Gasteiger partial charge in [-0.3, -0.25) is 4.90 Å². The van der Waals surface area contributed by atoms with Gasteiger partial charge in [-0.2, -0.15) is 0 Å². The van der Waals surface area contributed by atoms with Crippen molar-refractivity contribution in [1.29, 1.82) is 0 Å². The molecule has 3 nitrogen and oxygen atoms in total. The Kier molecular flexibility index (Phi) is 5.90. The van der Waals surface area contributed by atoms with E-state index in [2.05, 4.69) is 11.5 Å². The van der Waals surface area contributed by atoms with Gasteiger partial charge in [0.2, 0.25) is 0 Å². The number of aliphatic hydroxyl groups excluding tert-OH is 1. The molecule has 132 valence electrons. The van der Waals surface area contributed by atoms with Gasteiger partial charge in [-0.1, -0.05) is 66.7 Å². The van der Waals surface area contributed by atoms with Crippen molar-refractivity contribution in [2.24, 2.45) is 0 Å². The maximum absolute atomic E-state index is 14.2. The summed E-state index contributed by atoms with van der Waals surface area (Å²) in [6.45, 7) is 5.17. The molecule has 1 heterocycles. The van der Waals surface area contributed by atoms with Crippen LogP contribution in [0, 0.1) is 0 Å². The molecule has 3 rings (SSSR count). The monoisotopic (exact) mass is 355 g/mol. The Morgan fingerprint density at radius 2 is 1.60 bits per heavy atom. The molecule has 1 aliphatic rings. The zero-order chi connectivity index (χ0) is 17.7. The number of nitrogens with zero attached hydrogens (tertiary/aromatic N) is 1. The summed E-state index contributed by atoms with van der Waals surface area (Å²) in [5, 5.41) is 11.8. The Labute approximate surface area is 150 Å². The first-order valence-corrected chi connectivity index (χ1v) is 10.8. The number of piperidine rings is 1. The van der Waals surface area contributed by atoms with Crippen molar-refractivity contribution in [3.05, 3.63) is 73.3 Å². The van der Waals surface area contributed by atoms with Crippen LogP contribution in [0.2, 0.25) is 0 Å². The third-order valence-corrected chi connectivity index (χ3v) is 8.17. The van der Waals surface area contributed by atoms with Crippen LogP contribution in [-0.4, -0.2) is 41.4 Å². The largest absolute Gasteiger partial charge is 0.392 e. The fourth-order valence-corrected chi connectivity index (χ4v) is 6.70. The predicted molar refractivity (Wildman–Crippen MR) is 105 cm³/mol. The van der Waals surface area contributed by atoms with Crippen molar-refractivity contribution in [2.45, 2.75) is 25.0 Å². The zero-order valence-corrected chi connectivity index (χ0v) is 15.4. The highest BCUT2D eigenvalue weighted by Gasteiger charge is 2.35. The lowest BCUT2D eigenvalue weighted by molar-refractivity contribution is 0.0491. The summed E-state index contributed by atoms with van der Waals surface area (Å²) < 4.78 is 14.2. The molecule has 0 bridgehead atoms. The van der Waals surface area contributed by atoms with Crippen LogP contribution in [0.3, 0.4) is 0 Å². The minimum atomic E-state index is -2.73. The van der Waals surface area contributed by atoms with E-state index in [9.17, 15) is 9.67 Å². The van der Waals surface area contributed by atoms with Crippen LogP contribution in [0.5, 0.6) is 0 Å². The van der Waals surface area contributed by atoms with E-state index in [4.69, 9.17) is 0 Å². The quantitative estimate of drug-likeness (QED) is 0.640. The van der Waals surface area contributed by atoms with E-state index in [1.807, 2.05) is 66.7 Å². The van der Waals surface area contributed by atoms with E-state index < -0.39 is 7.14 Å². The molecule has 4 heteroatoms. The van der Waals surface area contributed by atoms with Gasteiger partial charge in [0, 0.05) is 35.9 Å². The van der Waals surface area contributed by atoms with Crippen molar-refractivity contribution in [3.63, 3.8) is 0 Å². The van der Waals surface area contributed by atoms with Gasteiger partial charge in [-0.05, 0) is 12.8 Å². The first-order valence-electron chi connectivity index (χ1n) is 8.87. The van der Waals surface area contributed by atoms with Crippen LogP contribution >= 0.6 is 7.14 Å². The Morgan fingerprint density at radius 1 is 1.04 bits per heavy atom. The lowest BCUT2D eigenvalue weighted by atomic mass is 10.0. The third kappa shape index (κ3) is 4.12. The van der Waals surface area contributed by atoms with Crippen LogP contribution in [0.1, 0.15) is 12.8 Å². The fourth-order valence-electron chi connectivity index (χ4n) is 3.67. The molecule has 2 aromatic rings. The molecule has 2 aromatic carbocycles. The number of hydrogen-bond acceptors (Lipinski definition) is 3. The predicted octanol–water partition coefficient (Wildman–Crippen LogP) is 3.01. The van der Waals surface area contributed by atoms with E-state index in [0.717, 1.165) is 23.5 Å². The first kappa shape index (κ1) is 18.1. The number of aliphatic hydroxyl groups is 1. The molecule has 1 fully saturated rings. The van der Waals surface area contributed by atoms with Gasteiger partial charge >= 0.3 is 0 Å². The van der Waals surface area contributed by atoms with Crippen molar-refractivity contribution in [3.8, 4) is 0 Å². The highest BCUT2D eigenvalue weighted by atomic mass is 31.2. The van der Waals surface area contributed by atoms with E-state index in [1.165, 1.54) is 0 Å². The van der Waals surface area contributed by atoms with Gasteiger partial charge in [0.25, 0.3) is 0 Å². The Morgan fingerprint density at radius 3 is 2.12 bits per heavy atom. The molecule has 2 atom stereocenters. The smallest absolute Gasteiger partial charge is 0.144 e. The lowest BCUT2D eigenvalue weighted by Gasteiger charge is -2.39. The van der Waals surface area contributed by atoms with Gasteiger partial charge in [-0.25, -0.2) is 0 Å². The maximum atomic E-state index is 14.2. The number of benzene rings is 2. The van der Waals surface area contributed by atoms with E-state index in [1.54, 1.807) is 0 Å². The highest BCUT2D eigenvalue weighted by Crippen LogP contribution is 2.45. The zero-order valence-electron chi connectivity index (χ0n) is 14.5. The number of β-amino-alcohol motifs (C(OH)–C–C–N with tert-alkyl or cyclic N) is 1. The molecule has 0 radical (unpaired) electrons. The minimum Gasteiger partial charge on any atom is -0.392 e. The van der Waals surface area contributed by atoms with Crippen LogP contribution in [0.4, 0.5) is 0 Å².